The van der Waals surface area contributed by atoms with Crippen LogP contribution in [0.15, 0.2) is 47.0 Å². The molecule has 5 rings (SSSR count). The number of nitrogens with zero attached hydrogens (tertiary/aromatic N) is 3. The average Bonchev–Trinajstić information content (AvgIpc) is 3.40. The summed E-state index contributed by atoms with van der Waals surface area (Å²) in [4.78, 5) is 18.8. The molecule has 7 nitrogen and oxygen atoms in total. The topological polar surface area (TPSA) is 77.7 Å². The summed E-state index contributed by atoms with van der Waals surface area (Å²) in [6.07, 6.45) is 0.337. The molecule has 0 radical (unpaired) electrons. The first-order valence-corrected chi connectivity index (χ1v) is 8.78. The van der Waals surface area contributed by atoms with Gasteiger partial charge in [0.25, 0.3) is 0 Å². The van der Waals surface area contributed by atoms with E-state index >= 15 is 0 Å². The van der Waals surface area contributed by atoms with Gasteiger partial charge in [-0.25, -0.2) is 0 Å². The predicted octanol–water partition coefficient (Wildman–Crippen LogP) is 3.29. The van der Waals surface area contributed by atoms with Crippen molar-refractivity contribution in [3.8, 4) is 22.9 Å². The second-order valence-corrected chi connectivity index (χ2v) is 6.71. The molecule has 1 aromatic heterocycles. The Balaban J connectivity index is 1.39. The molecule has 1 amide bonds. The van der Waals surface area contributed by atoms with Crippen LogP contribution in [0, 0.1) is 6.92 Å². The van der Waals surface area contributed by atoms with Crippen LogP contribution in [0.25, 0.3) is 11.4 Å². The maximum atomic E-state index is 12.6. The minimum absolute atomic E-state index is 0.0227. The summed E-state index contributed by atoms with van der Waals surface area (Å²) in [5, 5.41) is 4.11. The number of amides is 1. The third-order valence-corrected chi connectivity index (χ3v) is 4.97. The number of fused-ring (bicyclic) bond motifs is 1. The van der Waals surface area contributed by atoms with Gasteiger partial charge in [-0.05, 0) is 24.6 Å². The van der Waals surface area contributed by atoms with E-state index in [4.69, 9.17) is 14.0 Å². The lowest BCUT2D eigenvalue weighted by molar-refractivity contribution is -0.117. The van der Waals surface area contributed by atoms with Gasteiger partial charge in [-0.3, -0.25) is 4.79 Å². The van der Waals surface area contributed by atoms with Crippen molar-refractivity contribution in [3.05, 3.63) is 53.9 Å². The maximum Gasteiger partial charge on any atom is 0.232 e. The van der Waals surface area contributed by atoms with E-state index < -0.39 is 0 Å². The van der Waals surface area contributed by atoms with Crippen LogP contribution in [0.2, 0.25) is 0 Å². The van der Waals surface area contributed by atoms with Gasteiger partial charge in [0.15, 0.2) is 11.5 Å². The molecular formula is C20H17N3O4. The van der Waals surface area contributed by atoms with E-state index in [-0.39, 0.29) is 18.6 Å². The van der Waals surface area contributed by atoms with E-state index in [1.807, 2.05) is 49.4 Å². The van der Waals surface area contributed by atoms with E-state index in [1.54, 1.807) is 4.90 Å². The normalized spacial score (nSPS) is 18.3. The van der Waals surface area contributed by atoms with Gasteiger partial charge in [0, 0.05) is 30.3 Å². The molecule has 1 fully saturated rings. The summed E-state index contributed by atoms with van der Waals surface area (Å²) in [6, 6.07) is 13.4. The fourth-order valence-electron chi connectivity index (χ4n) is 3.51. The SMILES string of the molecule is Cc1ccccc1-c1noc(C2CC(=O)N(c3ccc4c(c3)OCO4)C2)n1. The Labute approximate surface area is 155 Å². The lowest BCUT2D eigenvalue weighted by atomic mass is 10.1. The summed E-state index contributed by atoms with van der Waals surface area (Å²) in [5.41, 5.74) is 2.80. The third kappa shape index (κ3) is 2.71. The number of aryl methyl sites for hydroxylation is 1. The molecule has 0 aliphatic carbocycles. The fourth-order valence-corrected chi connectivity index (χ4v) is 3.51. The van der Waals surface area contributed by atoms with E-state index in [0.717, 1.165) is 16.8 Å². The molecule has 3 heterocycles. The molecular weight excluding hydrogens is 346 g/mol. The lowest BCUT2D eigenvalue weighted by Gasteiger charge is -2.16. The number of hydrogen-bond donors (Lipinski definition) is 0. The second-order valence-electron chi connectivity index (χ2n) is 6.71. The fraction of sp³-hybridized carbons (Fsp3) is 0.250. The van der Waals surface area contributed by atoms with Crippen LogP contribution in [-0.2, 0) is 4.79 Å². The Bertz CT molecular complexity index is 1030. The third-order valence-electron chi connectivity index (χ3n) is 4.97. The molecule has 0 N–H and O–H groups in total. The molecule has 136 valence electrons. The minimum Gasteiger partial charge on any atom is -0.454 e. The van der Waals surface area contributed by atoms with Crippen LogP contribution in [0.5, 0.6) is 11.5 Å². The van der Waals surface area contributed by atoms with Crippen molar-refractivity contribution >= 4 is 11.6 Å². The van der Waals surface area contributed by atoms with Crippen molar-refractivity contribution in [2.45, 2.75) is 19.3 Å². The Morgan fingerprint density at radius 3 is 2.85 bits per heavy atom. The number of carbonyl (C=O) groups is 1. The standard InChI is InChI=1S/C20H17N3O4/c1-12-4-2-3-5-15(12)19-21-20(27-22-19)13-8-18(24)23(10-13)14-6-7-16-17(9-14)26-11-25-16/h2-7,9,13H,8,10-11H2,1H3. The van der Waals surface area contributed by atoms with E-state index in [0.29, 0.717) is 36.2 Å². The number of anilines is 1. The van der Waals surface area contributed by atoms with Crippen molar-refractivity contribution in [2.24, 2.45) is 0 Å². The van der Waals surface area contributed by atoms with Crippen LogP contribution >= 0.6 is 0 Å². The van der Waals surface area contributed by atoms with Crippen LogP contribution in [0.3, 0.4) is 0 Å². The quantitative estimate of drug-likeness (QED) is 0.711. The highest BCUT2D eigenvalue weighted by Crippen LogP contribution is 2.38. The van der Waals surface area contributed by atoms with Gasteiger partial charge in [-0.15, -0.1) is 0 Å². The van der Waals surface area contributed by atoms with E-state index in [2.05, 4.69) is 10.1 Å². The van der Waals surface area contributed by atoms with Gasteiger partial charge in [0.1, 0.15) is 0 Å². The number of ether oxygens (including phenoxy) is 2. The van der Waals surface area contributed by atoms with Crippen molar-refractivity contribution in [3.63, 3.8) is 0 Å². The van der Waals surface area contributed by atoms with Gasteiger partial charge < -0.3 is 18.9 Å². The Hall–Kier alpha value is -3.35. The Morgan fingerprint density at radius 1 is 1.11 bits per heavy atom. The maximum absolute atomic E-state index is 12.6. The number of benzene rings is 2. The van der Waals surface area contributed by atoms with Gasteiger partial charge in [-0.1, -0.05) is 29.4 Å². The Morgan fingerprint density at radius 2 is 1.96 bits per heavy atom. The summed E-state index contributed by atoms with van der Waals surface area (Å²) >= 11 is 0. The van der Waals surface area contributed by atoms with Crippen molar-refractivity contribution in [2.75, 3.05) is 18.2 Å². The van der Waals surface area contributed by atoms with Crippen LogP contribution in [-0.4, -0.2) is 29.4 Å². The number of aromatic nitrogens is 2. The molecule has 2 aliphatic heterocycles. The van der Waals surface area contributed by atoms with Crippen LogP contribution < -0.4 is 14.4 Å². The molecule has 1 atom stereocenters. The number of carbonyl (C=O) groups excluding carboxylic acids is 1. The largest absolute Gasteiger partial charge is 0.454 e. The first kappa shape index (κ1) is 15.9. The zero-order valence-electron chi connectivity index (χ0n) is 14.7. The molecule has 2 aromatic carbocycles. The van der Waals surface area contributed by atoms with Gasteiger partial charge in [-0.2, -0.15) is 4.98 Å². The summed E-state index contributed by atoms with van der Waals surface area (Å²) in [7, 11) is 0. The monoisotopic (exact) mass is 363 g/mol. The average molecular weight is 363 g/mol. The molecule has 2 aliphatic rings. The summed E-state index contributed by atoms with van der Waals surface area (Å²) in [6.45, 7) is 2.71. The molecule has 7 heteroatoms. The van der Waals surface area contributed by atoms with Crippen molar-refractivity contribution in [1.29, 1.82) is 0 Å². The predicted molar refractivity (Wildman–Crippen MR) is 96.7 cm³/mol. The first-order chi connectivity index (χ1) is 13.2. The number of rotatable bonds is 3. The number of hydrogen-bond acceptors (Lipinski definition) is 6. The van der Waals surface area contributed by atoms with Crippen LogP contribution in [0.4, 0.5) is 5.69 Å². The smallest absolute Gasteiger partial charge is 0.232 e. The molecule has 1 saturated heterocycles. The van der Waals surface area contributed by atoms with Crippen LogP contribution in [0.1, 0.15) is 23.8 Å². The summed E-state index contributed by atoms with van der Waals surface area (Å²) < 4.78 is 16.2. The lowest BCUT2D eigenvalue weighted by Crippen LogP contribution is -2.24. The van der Waals surface area contributed by atoms with Crippen molar-refractivity contribution < 1.29 is 18.8 Å². The van der Waals surface area contributed by atoms with Crippen molar-refractivity contribution in [1.82, 2.24) is 10.1 Å². The zero-order chi connectivity index (χ0) is 18.4. The highest BCUT2D eigenvalue weighted by atomic mass is 16.7. The first-order valence-electron chi connectivity index (χ1n) is 8.78. The second kappa shape index (κ2) is 6.12. The molecule has 0 saturated carbocycles. The molecule has 1 unspecified atom stereocenters. The summed E-state index contributed by atoms with van der Waals surface area (Å²) in [5.74, 6) is 2.29. The molecule has 0 spiro atoms. The Kier molecular flexibility index (Phi) is 3.60. The van der Waals surface area contributed by atoms with Gasteiger partial charge in [0.05, 0.1) is 5.92 Å². The highest BCUT2D eigenvalue weighted by Gasteiger charge is 2.35. The van der Waals surface area contributed by atoms with Gasteiger partial charge >= 0.3 is 0 Å². The van der Waals surface area contributed by atoms with Gasteiger partial charge in [0.2, 0.25) is 24.4 Å². The van der Waals surface area contributed by atoms with E-state index in [1.165, 1.54) is 0 Å². The molecule has 3 aromatic rings. The zero-order valence-corrected chi connectivity index (χ0v) is 14.7. The minimum atomic E-state index is -0.131. The van der Waals surface area contributed by atoms with E-state index in [9.17, 15) is 4.79 Å². The highest BCUT2D eigenvalue weighted by molar-refractivity contribution is 5.96. The molecule has 27 heavy (non-hydrogen) atoms. The molecule has 0 bridgehead atoms.